The van der Waals surface area contributed by atoms with E-state index in [0.717, 1.165) is 55.2 Å². The van der Waals surface area contributed by atoms with Gasteiger partial charge in [-0.15, -0.1) is 10.2 Å². The van der Waals surface area contributed by atoms with Crippen molar-refractivity contribution < 1.29 is 13.9 Å². The fraction of sp³-hybridized carbons (Fsp3) is 0.375. The maximum absolute atomic E-state index is 13.4. The predicted molar refractivity (Wildman–Crippen MR) is 123 cm³/mol. The molecule has 0 atom stereocenters. The average Bonchev–Trinajstić information content (AvgIpc) is 3.18. The average molecular weight is 455 g/mol. The van der Waals surface area contributed by atoms with Crippen LogP contribution in [0.4, 0.5) is 4.39 Å². The Bertz CT molecular complexity index is 1060. The van der Waals surface area contributed by atoms with Crippen LogP contribution >= 0.6 is 11.8 Å². The maximum Gasteiger partial charge on any atom is 0.233 e. The molecule has 6 nitrogen and oxygen atoms in total. The first-order chi connectivity index (χ1) is 15.5. The topological polar surface area (TPSA) is 60.2 Å². The summed E-state index contributed by atoms with van der Waals surface area (Å²) >= 11 is 1.40. The Kier molecular flexibility index (Phi) is 7.09. The zero-order valence-corrected chi connectivity index (χ0v) is 19.1. The molecule has 0 unspecified atom stereocenters. The lowest BCUT2D eigenvalue weighted by atomic mass is 9.90. The standard InChI is InChI=1S/C24H27FN4O2S/c1-17-26-27-24(29(17)21-6-8-22(31-2)9-7-21)32-16-23(30)28-12-10-18(11-13-28)14-19-4-3-5-20(25)15-19/h3-9,15,18H,10-14,16H2,1-2H3. The van der Waals surface area contributed by atoms with Crippen LogP contribution in [0.3, 0.4) is 0 Å². The number of carbonyl (C=O) groups excluding carboxylic acids is 1. The van der Waals surface area contributed by atoms with Crippen LogP contribution in [-0.4, -0.2) is 51.5 Å². The minimum absolute atomic E-state index is 0.112. The van der Waals surface area contributed by atoms with Crippen LogP contribution < -0.4 is 4.74 Å². The summed E-state index contributed by atoms with van der Waals surface area (Å²) in [6, 6.07) is 14.5. The number of amides is 1. The molecule has 1 amide bonds. The first kappa shape index (κ1) is 22.3. The number of aromatic nitrogens is 3. The number of methoxy groups -OCH3 is 1. The van der Waals surface area contributed by atoms with Gasteiger partial charge in [0.25, 0.3) is 0 Å². The van der Waals surface area contributed by atoms with Crippen LogP contribution in [0.25, 0.3) is 5.69 Å². The summed E-state index contributed by atoms with van der Waals surface area (Å²) in [5.74, 6) is 2.27. The molecule has 0 N–H and O–H groups in total. The number of benzene rings is 2. The van der Waals surface area contributed by atoms with Crippen LogP contribution in [0.2, 0.25) is 0 Å². The third kappa shape index (κ3) is 5.30. The van der Waals surface area contributed by atoms with Crippen LogP contribution in [0, 0.1) is 18.7 Å². The van der Waals surface area contributed by atoms with E-state index in [4.69, 9.17) is 4.74 Å². The summed E-state index contributed by atoms with van der Waals surface area (Å²) in [5.41, 5.74) is 1.96. The SMILES string of the molecule is COc1ccc(-n2c(C)nnc2SCC(=O)N2CCC(Cc3cccc(F)c3)CC2)cc1. The minimum Gasteiger partial charge on any atom is -0.497 e. The van der Waals surface area contributed by atoms with E-state index >= 15 is 0 Å². The van der Waals surface area contributed by atoms with E-state index in [9.17, 15) is 9.18 Å². The smallest absolute Gasteiger partial charge is 0.233 e. The molecular weight excluding hydrogens is 427 g/mol. The molecule has 0 saturated carbocycles. The lowest BCUT2D eigenvalue weighted by Gasteiger charge is -2.32. The number of nitrogens with zero attached hydrogens (tertiary/aromatic N) is 4. The van der Waals surface area contributed by atoms with E-state index in [2.05, 4.69) is 10.2 Å². The van der Waals surface area contributed by atoms with Crippen LogP contribution in [-0.2, 0) is 11.2 Å². The Morgan fingerprint density at radius 1 is 1.16 bits per heavy atom. The van der Waals surface area contributed by atoms with Crippen LogP contribution in [0.5, 0.6) is 5.75 Å². The van der Waals surface area contributed by atoms with Crippen molar-refractivity contribution in [2.45, 2.75) is 31.3 Å². The van der Waals surface area contributed by atoms with Gasteiger partial charge in [0.15, 0.2) is 5.16 Å². The van der Waals surface area contributed by atoms with Gasteiger partial charge < -0.3 is 9.64 Å². The Labute approximate surface area is 191 Å². The summed E-state index contributed by atoms with van der Waals surface area (Å²) in [5, 5.41) is 9.15. The van der Waals surface area contributed by atoms with Gasteiger partial charge in [-0.2, -0.15) is 0 Å². The van der Waals surface area contributed by atoms with Crippen molar-refractivity contribution in [3.8, 4) is 11.4 Å². The molecule has 0 aliphatic carbocycles. The number of rotatable bonds is 7. The molecule has 1 saturated heterocycles. The Morgan fingerprint density at radius 2 is 1.91 bits per heavy atom. The number of hydrogen-bond donors (Lipinski definition) is 0. The zero-order chi connectivity index (χ0) is 22.5. The number of piperidine rings is 1. The molecule has 8 heteroatoms. The Balaban J connectivity index is 1.31. The van der Waals surface area contributed by atoms with Gasteiger partial charge in [-0.25, -0.2) is 4.39 Å². The summed E-state index contributed by atoms with van der Waals surface area (Å²) in [6.45, 7) is 3.37. The second kappa shape index (κ2) is 10.2. The van der Waals surface area contributed by atoms with Crippen molar-refractivity contribution in [2.24, 2.45) is 5.92 Å². The summed E-state index contributed by atoms with van der Waals surface area (Å²) in [4.78, 5) is 14.7. The van der Waals surface area contributed by atoms with E-state index in [1.807, 2.05) is 46.7 Å². The summed E-state index contributed by atoms with van der Waals surface area (Å²) in [6.07, 6.45) is 2.74. The molecule has 2 heterocycles. The van der Waals surface area contributed by atoms with Gasteiger partial charge in [-0.05, 0) is 74.1 Å². The normalized spacial score (nSPS) is 14.5. The second-order valence-corrected chi connectivity index (χ2v) is 8.95. The van der Waals surface area contributed by atoms with Gasteiger partial charge in [-0.1, -0.05) is 23.9 Å². The third-order valence-electron chi connectivity index (χ3n) is 5.83. The molecule has 3 aromatic rings. The predicted octanol–water partition coefficient (Wildman–Crippen LogP) is 4.30. The van der Waals surface area contributed by atoms with Gasteiger partial charge in [0.1, 0.15) is 17.4 Å². The van der Waals surface area contributed by atoms with E-state index in [1.165, 1.54) is 17.8 Å². The number of thioether (sulfide) groups is 1. The molecule has 2 aromatic carbocycles. The van der Waals surface area contributed by atoms with Gasteiger partial charge in [-0.3, -0.25) is 9.36 Å². The lowest BCUT2D eigenvalue weighted by molar-refractivity contribution is -0.129. The molecule has 0 spiro atoms. The second-order valence-electron chi connectivity index (χ2n) is 8.01. The van der Waals surface area contributed by atoms with Crippen molar-refractivity contribution in [3.63, 3.8) is 0 Å². The molecule has 1 fully saturated rings. The summed E-state index contributed by atoms with van der Waals surface area (Å²) < 4.78 is 20.6. The van der Waals surface area contributed by atoms with E-state index in [1.54, 1.807) is 19.2 Å². The molecular formula is C24H27FN4O2S. The maximum atomic E-state index is 13.4. The highest BCUT2D eigenvalue weighted by atomic mass is 32.2. The van der Waals surface area contributed by atoms with Gasteiger partial charge in [0, 0.05) is 18.8 Å². The number of carbonyl (C=O) groups is 1. The zero-order valence-electron chi connectivity index (χ0n) is 18.3. The largest absolute Gasteiger partial charge is 0.497 e. The molecule has 4 rings (SSSR count). The Hall–Kier alpha value is -2.87. The Morgan fingerprint density at radius 3 is 2.59 bits per heavy atom. The fourth-order valence-corrected chi connectivity index (χ4v) is 4.97. The first-order valence-corrected chi connectivity index (χ1v) is 11.7. The molecule has 0 radical (unpaired) electrons. The number of aryl methyl sites for hydroxylation is 1. The number of ether oxygens (including phenoxy) is 1. The van der Waals surface area contributed by atoms with Crippen molar-refractivity contribution >= 4 is 17.7 Å². The number of hydrogen-bond acceptors (Lipinski definition) is 5. The van der Waals surface area contributed by atoms with E-state index in [0.29, 0.717) is 16.8 Å². The van der Waals surface area contributed by atoms with Crippen molar-refractivity contribution in [1.82, 2.24) is 19.7 Å². The molecule has 32 heavy (non-hydrogen) atoms. The third-order valence-corrected chi connectivity index (χ3v) is 6.74. The van der Waals surface area contributed by atoms with Gasteiger partial charge in [0.05, 0.1) is 12.9 Å². The highest BCUT2D eigenvalue weighted by molar-refractivity contribution is 7.99. The minimum atomic E-state index is -0.190. The number of halogens is 1. The number of likely N-dealkylation sites (tertiary alicyclic amines) is 1. The van der Waals surface area contributed by atoms with E-state index < -0.39 is 0 Å². The summed E-state index contributed by atoms with van der Waals surface area (Å²) in [7, 11) is 1.64. The quantitative estimate of drug-likeness (QED) is 0.498. The molecule has 0 bridgehead atoms. The van der Waals surface area contributed by atoms with Crippen LogP contribution in [0.1, 0.15) is 24.2 Å². The molecule has 1 aliphatic rings. The van der Waals surface area contributed by atoms with E-state index in [-0.39, 0.29) is 11.7 Å². The van der Waals surface area contributed by atoms with Crippen LogP contribution in [0.15, 0.2) is 53.7 Å². The highest BCUT2D eigenvalue weighted by Crippen LogP contribution is 2.26. The fourth-order valence-electron chi connectivity index (χ4n) is 4.07. The van der Waals surface area contributed by atoms with Gasteiger partial charge >= 0.3 is 0 Å². The lowest BCUT2D eigenvalue weighted by Crippen LogP contribution is -2.39. The highest BCUT2D eigenvalue weighted by Gasteiger charge is 2.24. The monoisotopic (exact) mass is 454 g/mol. The van der Waals surface area contributed by atoms with Crippen molar-refractivity contribution in [3.05, 3.63) is 65.7 Å². The first-order valence-electron chi connectivity index (χ1n) is 10.7. The molecule has 168 valence electrons. The van der Waals surface area contributed by atoms with Crippen molar-refractivity contribution in [1.29, 1.82) is 0 Å². The molecule has 1 aromatic heterocycles. The van der Waals surface area contributed by atoms with Gasteiger partial charge in [0.2, 0.25) is 5.91 Å². The molecule has 1 aliphatic heterocycles. The van der Waals surface area contributed by atoms with Crippen molar-refractivity contribution in [2.75, 3.05) is 26.0 Å².